The van der Waals surface area contributed by atoms with Crippen LogP contribution in [-0.4, -0.2) is 24.0 Å². The average Bonchev–Trinajstić information content (AvgIpc) is 3.00. The summed E-state index contributed by atoms with van der Waals surface area (Å²) in [6.45, 7) is 0. The van der Waals surface area contributed by atoms with Crippen LogP contribution < -0.4 is 11.1 Å². The smallest absolute Gasteiger partial charge is 0.339 e. The molecule has 3 N–H and O–H groups in total. The number of nitrogen functional groups attached to an aromatic ring is 1. The number of pyridine rings is 1. The first kappa shape index (κ1) is 15.0. The number of amides is 1. The number of ether oxygens (including phenoxy) is 1. The molecule has 0 saturated heterocycles. The number of hydrogen-bond acceptors (Lipinski definition) is 6. The van der Waals surface area contributed by atoms with Crippen molar-refractivity contribution in [3.8, 4) is 0 Å². The van der Waals surface area contributed by atoms with Crippen LogP contribution >= 0.6 is 11.3 Å². The lowest BCUT2D eigenvalue weighted by molar-refractivity contribution is 0.0600. The number of aromatic nitrogens is 1. The lowest BCUT2D eigenvalue weighted by Crippen LogP contribution is -2.14. The summed E-state index contributed by atoms with van der Waals surface area (Å²) in [5.74, 6) is -0.725. The van der Waals surface area contributed by atoms with Crippen molar-refractivity contribution in [1.82, 2.24) is 4.98 Å². The molecule has 7 heteroatoms. The zero-order valence-corrected chi connectivity index (χ0v) is 13.0. The molecule has 3 aromatic rings. The Labute approximate surface area is 135 Å². The Balaban J connectivity index is 1.92. The minimum Gasteiger partial charge on any atom is -0.465 e. The lowest BCUT2D eigenvalue weighted by atomic mass is 10.1. The van der Waals surface area contributed by atoms with Crippen LogP contribution in [0.25, 0.3) is 10.1 Å². The molecule has 3 rings (SSSR count). The van der Waals surface area contributed by atoms with Crippen LogP contribution in [0.15, 0.2) is 41.9 Å². The number of nitrogens with zero attached hydrogens (tertiary/aromatic N) is 1. The fourth-order valence-electron chi connectivity index (χ4n) is 2.15. The molecule has 0 aliphatic rings. The van der Waals surface area contributed by atoms with Gasteiger partial charge in [0.05, 0.1) is 23.9 Å². The number of methoxy groups -OCH3 is 1. The topological polar surface area (TPSA) is 94.3 Å². The number of hydrogen-bond donors (Lipinski definition) is 2. The van der Waals surface area contributed by atoms with Gasteiger partial charge in [-0.05, 0) is 12.1 Å². The molecule has 1 aromatic carbocycles. The highest BCUT2D eigenvalue weighted by Gasteiger charge is 2.15. The molecule has 23 heavy (non-hydrogen) atoms. The van der Waals surface area contributed by atoms with Crippen LogP contribution in [0.5, 0.6) is 0 Å². The van der Waals surface area contributed by atoms with Crippen LogP contribution in [-0.2, 0) is 4.74 Å². The van der Waals surface area contributed by atoms with Gasteiger partial charge in [-0.25, -0.2) is 9.78 Å². The van der Waals surface area contributed by atoms with Crippen LogP contribution in [0.2, 0.25) is 0 Å². The van der Waals surface area contributed by atoms with Gasteiger partial charge < -0.3 is 15.8 Å². The highest BCUT2D eigenvalue weighted by Crippen LogP contribution is 2.27. The molecule has 0 spiro atoms. The number of fused-ring (bicyclic) bond motifs is 1. The monoisotopic (exact) mass is 327 g/mol. The largest absolute Gasteiger partial charge is 0.465 e. The predicted octanol–water partition coefficient (Wildman–Crippen LogP) is 2.92. The summed E-state index contributed by atoms with van der Waals surface area (Å²) in [6, 6.07) is 9.07. The summed E-state index contributed by atoms with van der Waals surface area (Å²) < 4.78 is 5.66. The number of benzene rings is 1. The van der Waals surface area contributed by atoms with Gasteiger partial charge in [-0.2, -0.15) is 0 Å². The molecule has 116 valence electrons. The van der Waals surface area contributed by atoms with Gasteiger partial charge in [0, 0.05) is 21.7 Å². The van der Waals surface area contributed by atoms with Crippen molar-refractivity contribution >= 4 is 44.8 Å². The fourth-order valence-corrected chi connectivity index (χ4v) is 3.09. The maximum absolute atomic E-state index is 12.5. The van der Waals surface area contributed by atoms with E-state index < -0.39 is 5.97 Å². The van der Waals surface area contributed by atoms with Crippen LogP contribution in [0.1, 0.15) is 20.7 Å². The molecular formula is C16H13N3O3S. The highest BCUT2D eigenvalue weighted by molar-refractivity contribution is 7.17. The summed E-state index contributed by atoms with van der Waals surface area (Å²) in [5.41, 5.74) is 6.81. The number of carbonyl (C=O) groups excluding carboxylic acids is 2. The summed E-state index contributed by atoms with van der Waals surface area (Å²) in [5, 5.41) is 5.35. The molecule has 6 nitrogen and oxygen atoms in total. The third-order valence-electron chi connectivity index (χ3n) is 3.31. The van der Waals surface area contributed by atoms with Gasteiger partial charge in [0.15, 0.2) is 0 Å². The first-order valence-electron chi connectivity index (χ1n) is 6.71. The second kappa shape index (κ2) is 6.05. The molecule has 0 unspecified atom stereocenters. The van der Waals surface area contributed by atoms with Crippen molar-refractivity contribution in [2.75, 3.05) is 18.2 Å². The summed E-state index contributed by atoms with van der Waals surface area (Å²) in [7, 11) is 1.27. The standard InChI is InChI=1S/C16H13N3O3S/c1-22-16(21)9-6-12(14(17)18-7-9)19-15(20)11-8-23-13-5-3-2-4-10(11)13/h2-8H,1H3,(H2,17,18)(H,19,20). The Morgan fingerprint density at radius 3 is 2.87 bits per heavy atom. The number of nitrogens with two attached hydrogens (primary N) is 1. The summed E-state index contributed by atoms with van der Waals surface area (Å²) in [4.78, 5) is 27.9. The molecule has 0 aliphatic carbocycles. The number of anilines is 2. The van der Waals surface area contributed by atoms with E-state index in [1.54, 1.807) is 5.38 Å². The fraction of sp³-hybridized carbons (Fsp3) is 0.0625. The SMILES string of the molecule is COC(=O)c1cnc(N)c(NC(=O)c2csc3ccccc23)c1. The van der Waals surface area contributed by atoms with E-state index in [4.69, 9.17) is 5.73 Å². The second-order valence-corrected chi connectivity index (χ2v) is 5.66. The quantitative estimate of drug-likeness (QED) is 0.721. The first-order valence-corrected chi connectivity index (χ1v) is 7.59. The molecular weight excluding hydrogens is 314 g/mol. The number of rotatable bonds is 3. The zero-order chi connectivity index (χ0) is 16.4. The zero-order valence-electron chi connectivity index (χ0n) is 12.2. The highest BCUT2D eigenvalue weighted by atomic mass is 32.1. The summed E-state index contributed by atoms with van der Waals surface area (Å²) in [6.07, 6.45) is 1.30. The molecule has 0 atom stereocenters. The first-order chi connectivity index (χ1) is 11.1. The van der Waals surface area contributed by atoms with Crippen LogP contribution in [0, 0.1) is 0 Å². The Morgan fingerprint density at radius 1 is 1.30 bits per heavy atom. The molecule has 0 aliphatic heterocycles. The van der Waals surface area contributed by atoms with E-state index in [1.165, 1.54) is 30.7 Å². The van der Waals surface area contributed by atoms with E-state index in [9.17, 15) is 9.59 Å². The molecule has 0 fully saturated rings. The van der Waals surface area contributed by atoms with Crippen molar-refractivity contribution in [2.24, 2.45) is 0 Å². The Morgan fingerprint density at radius 2 is 2.09 bits per heavy atom. The molecule has 0 bridgehead atoms. The predicted molar refractivity (Wildman–Crippen MR) is 89.8 cm³/mol. The van der Waals surface area contributed by atoms with Crippen molar-refractivity contribution in [1.29, 1.82) is 0 Å². The van der Waals surface area contributed by atoms with E-state index in [1.807, 2.05) is 24.3 Å². The van der Waals surface area contributed by atoms with E-state index >= 15 is 0 Å². The Bertz CT molecular complexity index is 904. The van der Waals surface area contributed by atoms with Gasteiger partial charge in [-0.3, -0.25) is 4.79 Å². The van der Waals surface area contributed by atoms with Gasteiger partial charge in [-0.15, -0.1) is 11.3 Å². The normalized spacial score (nSPS) is 10.5. The molecule has 2 aromatic heterocycles. The number of esters is 1. The van der Waals surface area contributed by atoms with Crippen molar-refractivity contribution < 1.29 is 14.3 Å². The molecule has 0 saturated carbocycles. The second-order valence-electron chi connectivity index (χ2n) is 4.75. The van der Waals surface area contributed by atoms with E-state index in [-0.39, 0.29) is 23.0 Å². The van der Waals surface area contributed by atoms with Gasteiger partial charge in [-0.1, -0.05) is 18.2 Å². The minimum absolute atomic E-state index is 0.130. The van der Waals surface area contributed by atoms with Crippen LogP contribution in [0.3, 0.4) is 0 Å². The molecule has 1 amide bonds. The van der Waals surface area contributed by atoms with Gasteiger partial charge in [0.1, 0.15) is 5.82 Å². The maximum atomic E-state index is 12.5. The van der Waals surface area contributed by atoms with Crippen molar-refractivity contribution in [2.45, 2.75) is 0 Å². The molecule has 2 heterocycles. The number of nitrogens with one attached hydrogen (secondary N) is 1. The van der Waals surface area contributed by atoms with Crippen molar-refractivity contribution in [3.63, 3.8) is 0 Å². The van der Waals surface area contributed by atoms with E-state index in [2.05, 4.69) is 15.0 Å². The number of carbonyl (C=O) groups is 2. The Kier molecular flexibility index (Phi) is 3.94. The van der Waals surface area contributed by atoms with Gasteiger partial charge in [0.2, 0.25) is 0 Å². The van der Waals surface area contributed by atoms with E-state index in [0.29, 0.717) is 5.56 Å². The maximum Gasteiger partial charge on any atom is 0.339 e. The third kappa shape index (κ3) is 2.86. The Hall–Kier alpha value is -2.93. The van der Waals surface area contributed by atoms with Gasteiger partial charge in [0.25, 0.3) is 5.91 Å². The average molecular weight is 327 g/mol. The van der Waals surface area contributed by atoms with Gasteiger partial charge >= 0.3 is 5.97 Å². The lowest BCUT2D eigenvalue weighted by Gasteiger charge is -2.08. The van der Waals surface area contributed by atoms with E-state index in [0.717, 1.165) is 10.1 Å². The minimum atomic E-state index is -0.547. The van der Waals surface area contributed by atoms with Crippen molar-refractivity contribution in [3.05, 3.63) is 53.0 Å². The number of thiophene rings is 1. The molecule has 0 radical (unpaired) electrons. The summed E-state index contributed by atoms with van der Waals surface area (Å²) >= 11 is 1.49. The van der Waals surface area contributed by atoms with Crippen LogP contribution in [0.4, 0.5) is 11.5 Å². The third-order valence-corrected chi connectivity index (χ3v) is 4.28.